The Morgan fingerprint density at radius 2 is 2.00 bits per heavy atom. The SMILES string of the molecule is CC1CCCC1.CCC(NC(=O)c1cn[nH]c1)C(N)=O.CNCC(=O)CCCSc1ccccn1. The molecule has 0 aliphatic heterocycles. The van der Waals surface area contributed by atoms with Crippen molar-refractivity contribution in [1.29, 1.82) is 0 Å². The summed E-state index contributed by atoms with van der Waals surface area (Å²) in [4.78, 5) is 37.6. The summed E-state index contributed by atoms with van der Waals surface area (Å²) in [5, 5.41) is 12.5. The minimum absolute atomic E-state index is 0.277. The summed E-state index contributed by atoms with van der Waals surface area (Å²) in [5.74, 6) is 1.38. The van der Waals surface area contributed by atoms with E-state index >= 15 is 0 Å². The number of nitrogens with two attached hydrogens (primary N) is 1. The third kappa shape index (κ3) is 14.3. The number of aromatic amines is 1. The van der Waals surface area contributed by atoms with Crippen LogP contribution >= 0.6 is 11.8 Å². The molecule has 2 heterocycles. The van der Waals surface area contributed by atoms with Gasteiger partial charge in [-0.25, -0.2) is 4.98 Å². The number of nitrogens with one attached hydrogen (secondary N) is 3. The van der Waals surface area contributed by atoms with Gasteiger partial charge in [0, 0.05) is 18.8 Å². The van der Waals surface area contributed by atoms with Gasteiger partial charge in [-0.2, -0.15) is 5.10 Å². The predicted molar refractivity (Wildman–Crippen MR) is 140 cm³/mol. The molecule has 3 rings (SSSR count). The van der Waals surface area contributed by atoms with Crippen molar-refractivity contribution in [2.45, 2.75) is 69.9 Å². The fourth-order valence-electron chi connectivity index (χ4n) is 3.29. The van der Waals surface area contributed by atoms with Crippen LogP contribution in [0.5, 0.6) is 0 Å². The van der Waals surface area contributed by atoms with Gasteiger partial charge in [-0.15, -0.1) is 11.8 Å². The molecule has 0 saturated heterocycles. The summed E-state index contributed by atoms with van der Waals surface area (Å²) in [5.41, 5.74) is 5.45. The Kier molecular flexibility index (Phi) is 16.1. The van der Waals surface area contributed by atoms with Gasteiger partial charge in [-0.1, -0.05) is 45.6 Å². The van der Waals surface area contributed by atoms with E-state index in [-0.39, 0.29) is 11.7 Å². The van der Waals surface area contributed by atoms with Crippen LogP contribution in [0.4, 0.5) is 0 Å². The second-order valence-corrected chi connectivity index (χ2v) is 9.52. The van der Waals surface area contributed by atoms with Gasteiger partial charge in [0.1, 0.15) is 11.8 Å². The van der Waals surface area contributed by atoms with Gasteiger partial charge in [0.05, 0.1) is 23.3 Å². The number of H-pyrrole nitrogens is 1. The number of carbonyl (C=O) groups is 3. The molecule has 9 nitrogen and oxygen atoms in total. The van der Waals surface area contributed by atoms with Gasteiger partial charge in [-0.3, -0.25) is 19.5 Å². The number of pyridine rings is 1. The Morgan fingerprint density at radius 1 is 1.26 bits per heavy atom. The average Bonchev–Trinajstić information content (AvgIpc) is 3.56. The number of thioether (sulfide) groups is 1. The van der Waals surface area contributed by atoms with Crippen molar-refractivity contribution in [2.75, 3.05) is 19.3 Å². The average molecular weight is 505 g/mol. The van der Waals surface area contributed by atoms with Crippen LogP contribution in [-0.4, -0.2) is 58.2 Å². The Hall–Kier alpha value is -2.72. The number of hydrogen-bond acceptors (Lipinski definition) is 7. The molecule has 0 spiro atoms. The largest absolute Gasteiger partial charge is 0.368 e. The zero-order chi connectivity index (χ0) is 25.9. The lowest BCUT2D eigenvalue weighted by Gasteiger charge is -2.11. The zero-order valence-corrected chi connectivity index (χ0v) is 21.9. The van der Waals surface area contributed by atoms with Crippen molar-refractivity contribution >= 4 is 29.4 Å². The van der Waals surface area contributed by atoms with E-state index < -0.39 is 11.9 Å². The fraction of sp³-hybridized carbons (Fsp3) is 0.560. The summed E-state index contributed by atoms with van der Waals surface area (Å²) >= 11 is 1.70. The van der Waals surface area contributed by atoms with E-state index in [1.165, 1.54) is 38.1 Å². The first-order valence-electron chi connectivity index (χ1n) is 12.2. The lowest BCUT2D eigenvalue weighted by molar-refractivity contribution is -0.120. The first-order valence-corrected chi connectivity index (χ1v) is 13.1. The number of carbonyl (C=O) groups excluding carboxylic acids is 3. The topological polar surface area (TPSA) is 143 Å². The molecule has 0 aromatic carbocycles. The van der Waals surface area contributed by atoms with Gasteiger partial charge in [0.15, 0.2) is 0 Å². The molecule has 1 unspecified atom stereocenters. The molecule has 0 bridgehead atoms. The second-order valence-electron chi connectivity index (χ2n) is 8.40. The number of likely N-dealkylation sites (N-methyl/N-ethyl adjacent to an activating group) is 1. The van der Waals surface area contributed by atoms with Gasteiger partial charge >= 0.3 is 0 Å². The molecule has 10 heteroatoms. The minimum atomic E-state index is -0.627. The van der Waals surface area contributed by atoms with E-state index in [0.29, 0.717) is 24.9 Å². The van der Waals surface area contributed by atoms with E-state index in [1.54, 1.807) is 31.9 Å². The third-order valence-corrected chi connectivity index (χ3v) is 6.35. The van der Waals surface area contributed by atoms with E-state index in [2.05, 4.69) is 32.7 Å². The third-order valence-electron chi connectivity index (χ3n) is 5.32. The Morgan fingerprint density at radius 3 is 2.49 bits per heavy atom. The maximum atomic E-state index is 11.4. The summed E-state index contributed by atoms with van der Waals surface area (Å²) in [7, 11) is 1.79. The summed E-state index contributed by atoms with van der Waals surface area (Å²) in [6.45, 7) is 4.59. The van der Waals surface area contributed by atoms with E-state index in [9.17, 15) is 14.4 Å². The highest BCUT2D eigenvalue weighted by atomic mass is 32.2. The van der Waals surface area contributed by atoms with Crippen LogP contribution in [0.1, 0.15) is 69.2 Å². The molecule has 2 amide bonds. The van der Waals surface area contributed by atoms with Crippen molar-refractivity contribution in [1.82, 2.24) is 25.8 Å². The van der Waals surface area contributed by atoms with Crippen LogP contribution in [0.15, 0.2) is 41.8 Å². The molecular formula is C25H40N6O3S. The molecule has 0 radical (unpaired) electrons. The number of amides is 2. The normalized spacial score (nSPS) is 13.6. The molecule has 2 aromatic rings. The molecule has 5 N–H and O–H groups in total. The Balaban J connectivity index is 0.000000284. The van der Waals surface area contributed by atoms with Crippen molar-refractivity contribution in [2.24, 2.45) is 11.7 Å². The number of nitrogens with zero attached hydrogens (tertiary/aromatic N) is 2. The molecule has 35 heavy (non-hydrogen) atoms. The molecular weight excluding hydrogens is 464 g/mol. The number of aromatic nitrogens is 3. The van der Waals surface area contributed by atoms with Crippen molar-refractivity contribution in [3.8, 4) is 0 Å². The highest BCUT2D eigenvalue weighted by molar-refractivity contribution is 7.99. The molecule has 1 saturated carbocycles. The summed E-state index contributed by atoms with van der Waals surface area (Å²) in [6.07, 6.45) is 12.6. The maximum Gasteiger partial charge on any atom is 0.255 e. The molecule has 2 aromatic heterocycles. The van der Waals surface area contributed by atoms with E-state index in [0.717, 1.165) is 23.1 Å². The molecule has 1 aliphatic rings. The predicted octanol–water partition coefficient (Wildman–Crippen LogP) is 3.34. The number of ketones is 1. The monoisotopic (exact) mass is 504 g/mol. The molecule has 1 fully saturated rings. The first-order chi connectivity index (χ1) is 16.9. The van der Waals surface area contributed by atoms with Crippen LogP contribution in [-0.2, 0) is 9.59 Å². The first kappa shape index (κ1) is 30.3. The maximum absolute atomic E-state index is 11.4. The van der Waals surface area contributed by atoms with Gasteiger partial charge in [0.2, 0.25) is 5.91 Å². The molecule has 194 valence electrons. The van der Waals surface area contributed by atoms with Crippen LogP contribution < -0.4 is 16.4 Å². The molecule has 1 aliphatic carbocycles. The second kappa shape index (κ2) is 18.6. The zero-order valence-electron chi connectivity index (χ0n) is 21.1. The summed E-state index contributed by atoms with van der Waals surface area (Å²) in [6, 6.07) is 5.24. The van der Waals surface area contributed by atoms with Gasteiger partial charge in [0.25, 0.3) is 5.91 Å². The van der Waals surface area contributed by atoms with Crippen LogP contribution in [0.3, 0.4) is 0 Å². The number of primary amides is 1. The van der Waals surface area contributed by atoms with Crippen LogP contribution in [0.2, 0.25) is 0 Å². The fourth-order valence-corrected chi connectivity index (χ4v) is 4.09. The quantitative estimate of drug-likeness (QED) is 0.271. The highest BCUT2D eigenvalue weighted by Gasteiger charge is 2.16. The minimum Gasteiger partial charge on any atom is -0.368 e. The number of rotatable bonds is 11. The Bertz CT molecular complexity index is 842. The van der Waals surface area contributed by atoms with Crippen molar-refractivity contribution in [3.05, 3.63) is 42.4 Å². The number of hydrogen-bond donors (Lipinski definition) is 4. The van der Waals surface area contributed by atoms with E-state index in [4.69, 9.17) is 5.73 Å². The van der Waals surface area contributed by atoms with E-state index in [1.807, 2.05) is 18.2 Å². The summed E-state index contributed by atoms with van der Waals surface area (Å²) < 4.78 is 0. The van der Waals surface area contributed by atoms with Crippen LogP contribution in [0, 0.1) is 5.92 Å². The molecule has 1 atom stereocenters. The highest BCUT2D eigenvalue weighted by Crippen LogP contribution is 2.23. The number of Topliss-reactive ketones (excluding diaryl/α,β-unsaturated/α-hetero) is 1. The van der Waals surface area contributed by atoms with Crippen molar-refractivity contribution in [3.63, 3.8) is 0 Å². The lowest BCUT2D eigenvalue weighted by atomic mass is 10.2. The van der Waals surface area contributed by atoms with Gasteiger partial charge in [-0.05, 0) is 43.7 Å². The van der Waals surface area contributed by atoms with Crippen molar-refractivity contribution < 1.29 is 14.4 Å². The lowest BCUT2D eigenvalue weighted by Crippen LogP contribution is -2.43. The standard InChI is InChI=1S/C11H16N2OS.C8H12N4O2.C6H12/c1-12-9-10(14)5-4-8-15-11-6-2-3-7-13-11;1-2-6(7(9)13)12-8(14)5-3-10-11-4-5;1-6-4-2-3-5-6/h2-3,6-7,12H,4-5,8-9H2,1H3;3-4,6H,2H2,1H3,(H2,9,13)(H,10,11)(H,12,14);6H,2-5H2,1H3. The Labute approximate surface area is 212 Å². The van der Waals surface area contributed by atoms with Gasteiger partial charge < -0.3 is 16.4 Å². The smallest absolute Gasteiger partial charge is 0.255 e. The van der Waals surface area contributed by atoms with Crippen LogP contribution in [0.25, 0.3) is 0 Å².